The van der Waals surface area contributed by atoms with E-state index in [1.165, 1.54) is 0 Å². The van der Waals surface area contributed by atoms with Crippen molar-refractivity contribution in [1.29, 1.82) is 0 Å². The van der Waals surface area contributed by atoms with Crippen molar-refractivity contribution in [2.24, 2.45) is 17.0 Å². The van der Waals surface area contributed by atoms with E-state index in [9.17, 15) is 9.59 Å². The molecule has 1 aliphatic carbocycles. The SMILES string of the molecule is O=C(OCC1CC(=NO)C1COC(=O)c1ccccc1)c1ccccc1. The average Bonchev–Trinajstić information content (AvgIpc) is 2.68. The minimum atomic E-state index is -0.435. The summed E-state index contributed by atoms with van der Waals surface area (Å²) in [5.74, 6) is -1.14. The molecule has 1 N–H and O–H groups in total. The lowest BCUT2D eigenvalue weighted by Gasteiger charge is -2.36. The molecule has 1 saturated carbocycles. The second kappa shape index (κ2) is 8.29. The number of carbonyl (C=O) groups is 2. The van der Waals surface area contributed by atoms with Gasteiger partial charge in [0.15, 0.2) is 0 Å². The topological polar surface area (TPSA) is 85.2 Å². The lowest BCUT2D eigenvalue weighted by atomic mass is 9.72. The van der Waals surface area contributed by atoms with Crippen LogP contribution in [0.2, 0.25) is 0 Å². The average molecular weight is 353 g/mol. The quantitative estimate of drug-likeness (QED) is 0.490. The molecular formula is C20H19NO5. The van der Waals surface area contributed by atoms with Crippen molar-refractivity contribution < 1.29 is 24.3 Å². The molecule has 0 bridgehead atoms. The summed E-state index contributed by atoms with van der Waals surface area (Å²) in [6, 6.07) is 17.4. The molecule has 6 heteroatoms. The Hall–Kier alpha value is -3.15. The van der Waals surface area contributed by atoms with Gasteiger partial charge in [0.2, 0.25) is 0 Å². The van der Waals surface area contributed by atoms with E-state index < -0.39 is 11.9 Å². The summed E-state index contributed by atoms with van der Waals surface area (Å²) in [7, 11) is 0. The van der Waals surface area contributed by atoms with E-state index in [-0.39, 0.29) is 25.0 Å². The third-order valence-electron chi connectivity index (χ3n) is 4.44. The Morgan fingerprint density at radius 1 is 0.885 bits per heavy atom. The number of rotatable bonds is 6. The highest BCUT2D eigenvalue weighted by Crippen LogP contribution is 2.32. The van der Waals surface area contributed by atoms with Gasteiger partial charge >= 0.3 is 11.9 Å². The summed E-state index contributed by atoms with van der Waals surface area (Å²) in [6.07, 6.45) is 0.506. The van der Waals surface area contributed by atoms with Crippen molar-refractivity contribution in [1.82, 2.24) is 0 Å². The number of hydrogen-bond acceptors (Lipinski definition) is 6. The predicted molar refractivity (Wildman–Crippen MR) is 94.3 cm³/mol. The van der Waals surface area contributed by atoms with Crippen molar-refractivity contribution in [3.8, 4) is 0 Å². The smallest absolute Gasteiger partial charge is 0.338 e. The minimum absolute atomic E-state index is 0.0443. The van der Waals surface area contributed by atoms with Crippen LogP contribution in [0.5, 0.6) is 0 Å². The molecule has 2 aromatic carbocycles. The number of benzene rings is 2. The number of ether oxygens (including phenoxy) is 2. The molecular weight excluding hydrogens is 334 g/mol. The van der Waals surface area contributed by atoms with Gasteiger partial charge in [-0.25, -0.2) is 9.59 Å². The molecule has 134 valence electrons. The summed E-state index contributed by atoms with van der Waals surface area (Å²) in [6.45, 7) is 0.265. The maximum Gasteiger partial charge on any atom is 0.338 e. The summed E-state index contributed by atoms with van der Waals surface area (Å²) in [4.78, 5) is 24.0. The molecule has 2 atom stereocenters. The van der Waals surface area contributed by atoms with E-state index >= 15 is 0 Å². The molecule has 0 heterocycles. The molecule has 0 aliphatic heterocycles. The minimum Gasteiger partial charge on any atom is -0.462 e. The summed E-state index contributed by atoms with van der Waals surface area (Å²) < 4.78 is 10.6. The number of esters is 2. The first-order valence-corrected chi connectivity index (χ1v) is 8.34. The van der Waals surface area contributed by atoms with Crippen LogP contribution >= 0.6 is 0 Å². The van der Waals surface area contributed by atoms with Crippen LogP contribution in [0, 0.1) is 11.8 Å². The number of carbonyl (C=O) groups excluding carboxylic acids is 2. The van der Waals surface area contributed by atoms with E-state index in [4.69, 9.17) is 14.7 Å². The first-order chi connectivity index (χ1) is 12.7. The Labute approximate surface area is 151 Å². The summed E-state index contributed by atoms with van der Waals surface area (Å²) in [5, 5.41) is 12.3. The van der Waals surface area contributed by atoms with Crippen LogP contribution in [0.25, 0.3) is 0 Å². The Balaban J connectivity index is 1.52. The van der Waals surface area contributed by atoms with Crippen molar-refractivity contribution in [2.45, 2.75) is 6.42 Å². The molecule has 0 saturated heterocycles. The van der Waals surface area contributed by atoms with Crippen LogP contribution < -0.4 is 0 Å². The van der Waals surface area contributed by atoms with Gasteiger partial charge in [-0.15, -0.1) is 0 Å². The van der Waals surface area contributed by atoms with Gasteiger partial charge in [0, 0.05) is 11.8 Å². The molecule has 6 nitrogen and oxygen atoms in total. The molecule has 3 rings (SSSR count). The Morgan fingerprint density at radius 3 is 1.88 bits per heavy atom. The van der Waals surface area contributed by atoms with Crippen molar-refractivity contribution in [3.05, 3.63) is 71.8 Å². The first-order valence-electron chi connectivity index (χ1n) is 8.34. The maximum atomic E-state index is 12.0. The summed E-state index contributed by atoms with van der Waals surface area (Å²) >= 11 is 0. The molecule has 0 spiro atoms. The zero-order chi connectivity index (χ0) is 18.4. The molecule has 2 aromatic rings. The van der Waals surface area contributed by atoms with Gasteiger partial charge in [0.1, 0.15) is 6.61 Å². The van der Waals surface area contributed by atoms with Crippen molar-refractivity contribution >= 4 is 17.7 Å². The van der Waals surface area contributed by atoms with Gasteiger partial charge in [-0.1, -0.05) is 41.6 Å². The highest BCUT2D eigenvalue weighted by molar-refractivity contribution is 5.94. The highest BCUT2D eigenvalue weighted by atomic mass is 16.5. The van der Waals surface area contributed by atoms with E-state index in [2.05, 4.69) is 5.16 Å². The Kier molecular flexibility index (Phi) is 5.63. The fourth-order valence-corrected chi connectivity index (χ4v) is 2.86. The van der Waals surface area contributed by atoms with Crippen LogP contribution in [0.3, 0.4) is 0 Å². The number of oxime groups is 1. The lowest BCUT2D eigenvalue weighted by Crippen LogP contribution is -2.43. The highest BCUT2D eigenvalue weighted by Gasteiger charge is 2.40. The van der Waals surface area contributed by atoms with Gasteiger partial charge in [0.25, 0.3) is 0 Å². The van der Waals surface area contributed by atoms with Crippen LogP contribution in [0.15, 0.2) is 65.8 Å². The molecule has 1 aliphatic rings. The molecule has 0 radical (unpaired) electrons. The van der Waals surface area contributed by atoms with Crippen LogP contribution in [0.1, 0.15) is 27.1 Å². The van der Waals surface area contributed by atoms with Gasteiger partial charge < -0.3 is 14.7 Å². The zero-order valence-corrected chi connectivity index (χ0v) is 14.1. The zero-order valence-electron chi connectivity index (χ0n) is 14.1. The Bertz CT molecular complexity index is 788. The summed E-state index contributed by atoms with van der Waals surface area (Å²) in [5.41, 5.74) is 1.49. The van der Waals surface area contributed by atoms with E-state index in [1.54, 1.807) is 48.5 Å². The Morgan fingerprint density at radius 2 is 1.38 bits per heavy atom. The van der Waals surface area contributed by atoms with E-state index in [1.807, 2.05) is 12.1 Å². The van der Waals surface area contributed by atoms with E-state index in [0.717, 1.165) is 0 Å². The lowest BCUT2D eigenvalue weighted by molar-refractivity contribution is 0.0240. The fraction of sp³-hybridized carbons (Fsp3) is 0.250. The van der Waals surface area contributed by atoms with Crippen LogP contribution in [0.4, 0.5) is 0 Å². The molecule has 26 heavy (non-hydrogen) atoms. The standard InChI is InChI=1S/C20H19NO5/c22-19(14-7-3-1-4-8-14)25-12-16-11-18(21-24)17(16)13-26-20(23)15-9-5-2-6-10-15/h1-10,16-17,24H,11-13H2. The molecule has 0 aromatic heterocycles. The van der Waals surface area contributed by atoms with Crippen molar-refractivity contribution in [2.75, 3.05) is 13.2 Å². The first kappa shape index (κ1) is 17.7. The second-order valence-electron chi connectivity index (χ2n) is 6.09. The monoisotopic (exact) mass is 353 g/mol. The van der Waals surface area contributed by atoms with Crippen LogP contribution in [-0.4, -0.2) is 36.1 Å². The normalized spacial score (nSPS) is 20.2. The third-order valence-corrected chi connectivity index (χ3v) is 4.44. The molecule has 0 amide bonds. The fourth-order valence-electron chi connectivity index (χ4n) is 2.86. The van der Waals surface area contributed by atoms with Gasteiger partial charge in [-0.05, 0) is 30.7 Å². The number of hydrogen-bond donors (Lipinski definition) is 1. The maximum absolute atomic E-state index is 12.0. The predicted octanol–water partition coefficient (Wildman–Crippen LogP) is 3.17. The number of nitrogens with zero attached hydrogens (tertiary/aromatic N) is 1. The largest absolute Gasteiger partial charge is 0.462 e. The van der Waals surface area contributed by atoms with E-state index in [0.29, 0.717) is 23.3 Å². The third kappa shape index (κ3) is 4.08. The molecule has 2 unspecified atom stereocenters. The van der Waals surface area contributed by atoms with Gasteiger partial charge in [-0.2, -0.15) is 0 Å². The van der Waals surface area contributed by atoms with Gasteiger partial charge in [-0.3, -0.25) is 0 Å². The van der Waals surface area contributed by atoms with Gasteiger partial charge in [0.05, 0.1) is 23.4 Å². The second-order valence-corrected chi connectivity index (χ2v) is 6.09. The van der Waals surface area contributed by atoms with Crippen molar-refractivity contribution in [3.63, 3.8) is 0 Å². The van der Waals surface area contributed by atoms with Crippen LogP contribution in [-0.2, 0) is 9.47 Å². The molecule has 1 fully saturated rings.